The van der Waals surface area contributed by atoms with Crippen LogP contribution in [0.4, 0.5) is 0 Å². The number of ether oxygens (including phenoxy) is 6. The quantitative estimate of drug-likeness (QED) is 0.467. The van der Waals surface area contributed by atoms with Crippen LogP contribution in [0.25, 0.3) is 0 Å². The van der Waals surface area contributed by atoms with Gasteiger partial charge in [-0.15, -0.1) is 0 Å². The van der Waals surface area contributed by atoms with Crippen molar-refractivity contribution in [1.29, 1.82) is 0 Å². The molecule has 0 unspecified atom stereocenters. The summed E-state index contributed by atoms with van der Waals surface area (Å²) < 4.78 is 34.2. The Morgan fingerprint density at radius 3 is 2.66 bits per heavy atom. The first kappa shape index (κ1) is 19.8. The van der Waals surface area contributed by atoms with Gasteiger partial charge in [-0.1, -0.05) is 0 Å². The van der Waals surface area contributed by atoms with Crippen LogP contribution in [0.1, 0.15) is 40.4 Å². The molecule has 154 valence electrons. The predicted molar refractivity (Wildman–Crippen MR) is 107 cm³/mol. The van der Waals surface area contributed by atoms with Crippen LogP contribution >= 0.6 is 15.9 Å². The summed E-state index contributed by atoms with van der Waals surface area (Å²) in [6.07, 6.45) is -0.280. The second kappa shape index (κ2) is 8.12. The van der Waals surface area contributed by atoms with Crippen LogP contribution in [0.2, 0.25) is 0 Å². The zero-order valence-corrected chi connectivity index (χ0v) is 17.9. The van der Waals surface area contributed by atoms with Gasteiger partial charge in [0, 0.05) is 30.4 Å². The number of hydrogen-bond acceptors (Lipinski definition) is 7. The number of hydrogen-bond donors (Lipinski definition) is 0. The molecule has 0 fully saturated rings. The van der Waals surface area contributed by atoms with E-state index in [2.05, 4.69) is 15.9 Å². The SMILES string of the molecule is CCOC(=O)c1cc2c(cc1OCOC)OC[C@@H]1c3cc(Br)c(OC)cc3O[C@H]21. The van der Waals surface area contributed by atoms with Crippen molar-refractivity contribution in [2.45, 2.75) is 18.9 Å². The summed E-state index contributed by atoms with van der Waals surface area (Å²) in [7, 11) is 3.12. The number of benzene rings is 2. The second-order valence-corrected chi connectivity index (χ2v) is 7.49. The zero-order chi connectivity index (χ0) is 20.5. The van der Waals surface area contributed by atoms with E-state index in [0.29, 0.717) is 29.4 Å². The fraction of sp³-hybridized carbons (Fsp3) is 0.381. The van der Waals surface area contributed by atoms with E-state index in [9.17, 15) is 4.79 Å². The molecule has 2 heterocycles. The van der Waals surface area contributed by atoms with E-state index in [4.69, 9.17) is 28.4 Å². The average molecular weight is 465 g/mol. The van der Waals surface area contributed by atoms with Crippen molar-refractivity contribution in [3.8, 4) is 23.0 Å². The first-order chi connectivity index (χ1) is 14.1. The molecule has 2 aliphatic heterocycles. The Labute approximate surface area is 176 Å². The molecule has 0 saturated carbocycles. The Kier molecular flexibility index (Phi) is 5.56. The van der Waals surface area contributed by atoms with Crippen molar-refractivity contribution in [2.24, 2.45) is 0 Å². The van der Waals surface area contributed by atoms with E-state index in [0.717, 1.165) is 21.3 Å². The molecule has 0 aromatic heterocycles. The lowest BCUT2D eigenvalue weighted by atomic mass is 9.88. The number of carbonyl (C=O) groups is 1. The van der Waals surface area contributed by atoms with Gasteiger partial charge >= 0.3 is 5.97 Å². The van der Waals surface area contributed by atoms with Crippen molar-refractivity contribution in [3.05, 3.63) is 45.4 Å². The summed E-state index contributed by atoms with van der Waals surface area (Å²) >= 11 is 3.53. The highest BCUT2D eigenvalue weighted by molar-refractivity contribution is 9.10. The van der Waals surface area contributed by atoms with Crippen LogP contribution in [0.15, 0.2) is 28.7 Å². The van der Waals surface area contributed by atoms with Crippen molar-refractivity contribution < 1.29 is 33.2 Å². The number of halogens is 1. The fourth-order valence-corrected chi connectivity index (χ4v) is 4.18. The van der Waals surface area contributed by atoms with E-state index in [1.807, 2.05) is 12.1 Å². The maximum Gasteiger partial charge on any atom is 0.341 e. The summed E-state index contributed by atoms with van der Waals surface area (Å²) in [4.78, 5) is 12.5. The Hall–Kier alpha value is -2.45. The van der Waals surface area contributed by atoms with E-state index in [1.54, 1.807) is 26.2 Å². The number of rotatable bonds is 6. The van der Waals surface area contributed by atoms with Crippen LogP contribution in [-0.4, -0.2) is 40.2 Å². The third-order valence-corrected chi connectivity index (χ3v) is 5.59. The first-order valence-electron chi connectivity index (χ1n) is 9.21. The molecule has 29 heavy (non-hydrogen) atoms. The molecule has 0 bridgehead atoms. The van der Waals surface area contributed by atoms with Crippen LogP contribution in [0.5, 0.6) is 23.0 Å². The lowest BCUT2D eigenvalue weighted by Gasteiger charge is -2.29. The maximum atomic E-state index is 12.5. The molecule has 0 N–H and O–H groups in total. The minimum Gasteiger partial charge on any atom is -0.495 e. The summed E-state index contributed by atoms with van der Waals surface area (Å²) in [6.45, 7) is 2.48. The van der Waals surface area contributed by atoms with Crippen LogP contribution in [0, 0.1) is 0 Å². The Morgan fingerprint density at radius 1 is 1.14 bits per heavy atom. The van der Waals surface area contributed by atoms with Crippen LogP contribution in [0.3, 0.4) is 0 Å². The highest BCUT2D eigenvalue weighted by atomic mass is 79.9. The summed E-state index contributed by atoms with van der Waals surface area (Å²) in [6, 6.07) is 7.28. The number of methoxy groups -OCH3 is 2. The normalized spacial score (nSPS) is 18.6. The molecule has 4 rings (SSSR count). The third kappa shape index (κ3) is 3.51. The Bertz CT molecular complexity index is 943. The topological polar surface area (TPSA) is 72.5 Å². The van der Waals surface area contributed by atoms with E-state index >= 15 is 0 Å². The Balaban J connectivity index is 1.74. The molecule has 0 saturated heterocycles. The molecule has 0 spiro atoms. The van der Waals surface area contributed by atoms with Crippen LogP contribution < -0.4 is 18.9 Å². The van der Waals surface area contributed by atoms with E-state index in [1.165, 1.54) is 7.11 Å². The van der Waals surface area contributed by atoms with Crippen molar-refractivity contribution in [2.75, 3.05) is 34.2 Å². The number of fused-ring (bicyclic) bond motifs is 5. The van der Waals surface area contributed by atoms with Crippen molar-refractivity contribution >= 4 is 21.9 Å². The average Bonchev–Trinajstić information content (AvgIpc) is 3.08. The fourth-order valence-electron chi connectivity index (χ4n) is 3.65. The highest BCUT2D eigenvalue weighted by Gasteiger charge is 2.42. The number of carbonyl (C=O) groups excluding carboxylic acids is 1. The van der Waals surface area contributed by atoms with Gasteiger partial charge in [0.25, 0.3) is 0 Å². The molecule has 8 heteroatoms. The smallest absolute Gasteiger partial charge is 0.341 e. The molecule has 0 aliphatic carbocycles. The summed E-state index contributed by atoms with van der Waals surface area (Å²) in [5.41, 5.74) is 2.12. The molecule has 0 radical (unpaired) electrons. The minimum atomic E-state index is -0.469. The summed E-state index contributed by atoms with van der Waals surface area (Å²) in [5, 5.41) is 0. The zero-order valence-electron chi connectivity index (χ0n) is 16.3. The lowest BCUT2D eigenvalue weighted by Crippen LogP contribution is -2.24. The molecular formula is C21H21BrO7. The minimum absolute atomic E-state index is 0.000459. The molecular weight excluding hydrogens is 444 g/mol. The maximum absolute atomic E-state index is 12.5. The van der Waals surface area contributed by atoms with Gasteiger partial charge in [-0.3, -0.25) is 0 Å². The van der Waals surface area contributed by atoms with Gasteiger partial charge in [0.1, 0.15) is 34.7 Å². The highest BCUT2D eigenvalue weighted by Crippen LogP contribution is 2.53. The Morgan fingerprint density at radius 2 is 1.93 bits per heavy atom. The van der Waals surface area contributed by atoms with Gasteiger partial charge in [0.2, 0.25) is 0 Å². The lowest BCUT2D eigenvalue weighted by molar-refractivity contribution is 0.0433. The largest absolute Gasteiger partial charge is 0.495 e. The van der Waals surface area contributed by atoms with Gasteiger partial charge in [-0.2, -0.15) is 0 Å². The van der Waals surface area contributed by atoms with E-state index < -0.39 is 5.97 Å². The third-order valence-electron chi connectivity index (χ3n) is 4.97. The molecule has 0 amide bonds. The molecule has 2 aromatic rings. The van der Waals surface area contributed by atoms with E-state index in [-0.39, 0.29) is 25.4 Å². The molecule has 2 atom stereocenters. The second-order valence-electron chi connectivity index (χ2n) is 6.64. The number of esters is 1. The monoisotopic (exact) mass is 464 g/mol. The van der Waals surface area contributed by atoms with Crippen molar-refractivity contribution in [1.82, 2.24) is 0 Å². The van der Waals surface area contributed by atoms with Crippen molar-refractivity contribution in [3.63, 3.8) is 0 Å². The van der Waals surface area contributed by atoms with Gasteiger partial charge in [0.05, 0.1) is 30.7 Å². The van der Waals surface area contributed by atoms with Crippen LogP contribution in [-0.2, 0) is 9.47 Å². The standard InChI is InChI=1S/C21H21BrO7/c1-4-26-21(23)13-5-12-16(7-17(13)28-10-24-2)27-9-14-11-6-15(22)19(25-3)8-18(11)29-20(12)14/h5-8,14,20H,4,9-10H2,1-3H3/t14-,20-/m1/s1. The molecule has 2 aliphatic rings. The summed E-state index contributed by atoms with van der Waals surface area (Å²) in [5.74, 6) is 1.93. The van der Waals surface area contributed by atoms with Gasteiger partial charge in [-0.05, 0) is 35.0 Å². The van der Waals surface area contributed by atoms with Gasteiger partial charge in [0.15, 0.2) is 6.79 Å². The first-order valence-corrected chi connectivity index (χ1v) is 10.00. The predicted octanol–water partition coefficient (Wildman–Crippen LogP) is 4.23. The van der Waals surface area contributed by atoms with Gasteiger partial charge < -0.3 is 28.4 Å². The molecule has 2 aromatic carbocycles. The molecule has 7 nitrogen and oxygen atoms in total. The van der Waals surface area contributed by atoms with Gasteiger partial charge in [-0.25, -0.2) is 4.79 Å².